The Kier molecular flexibility index (Phi) is 6.40. The fourth-order valence-electron chi connectivity index (χ4n) is 3.22. The van der Waals surface area contributed by atoms with Gasteiger partial charge in [0.15, 0.2) is 5.58 Å². The first-order valence-corrected chi connectivity index (χ1v) is 10.6. The predicted molar refractivity (Wildman–Crippen MR) is 124 cm³/mol. The molecule has 0 radical (unpaired) electrons. The van der Waals surface area contributed by atoms with E-state index in [1.165, 1.54) is 24.3 Å². The molecule has 0 unspecified atom stereocenters. The Bertz CT molecular complexity index is 1270. The lowest BCUT2D eigenvalue weighted by molar-refractivity contribution is 0.0472. The average Bonchev–Trinajstić information content (AvgIpc) is 3.26. The van der Waals surface area contributed by atoms with Crippen LogP contribution in [0.3, 0.4) is 0 Å². The number of ether oxygens (including phenoxy) is 1. The van der Waals surface area contributed by atoms with Crippen LogP contribution in [0, 0.1) is 5.92 Å². The van der Waals surface area contributed by atoms with Crippen molar-refractivity contribution in [3.63, 3.8) is 0 Å². The van der Waals surface area contributed by atoms with E-state index in [-0.39, 0.29) is 18.3 Å². The molecule has 1 amide bonds. The summed E-state index contributed by atoms with van der Waals surface area (Å²) in [4.78, 5) is 29.2. The number of hydrogen-bond acceptors (Lipinski definition) is 6. The Balaban J connectivity index is 1.46. The minimum Gasteiger partial charge on any atom is -0.508 e. The number of carbonyl (C=O) groups excluding carboxylic acids is 2. The number of nitrogens with one attached hydrogen (secondary N) is 1. The zero-order valence-electron chi connectivity index (χ0n) is 18.4. The summed E-state index contributed by atoms with van der Waals surface area (Å²) < 4.78 is 11.3. The third-order valence-electron chi connectivity index (χ3n) is 5.00. The van der Waals surface area contributed by atoms with Crippen molar-refractivity contribution < 1.29 is 23.8 Å². The zero-order valence-corrected chi connectivity index (χ0v) is 18.4. The molecule has 0 aliphatic heterocycles. The highest BCUT2D eigenvalue weighted by molar-refractivity contribution is 6.04. The zero-order chi connectivity index (χ0) is 23.4. The average molecular weight is 444 g/mol. The van der Waals surface area contributed by atoms with E-state index in [4.69, 9.17) is 9.15 Å². The quantitative estimate of drug-likeness (QED) is 0.391. The highest BCUT2D eigenvalue weighted by Gasteiger charge is 2.16. The van der Waals surface area contributed by atoms with Crippen LogP contribution in [0.15, 0.2) is 71.1 Å². The third-order valence-corrected chi connectivity index (χ3v) is 5.00. The highest BCUT2D eigenvalue weighted by Crippen LogP contribution is 2.27. The Labute approximate surface area is 191 Å². The number of phenols is 1. The molecule has 168 valence electrons. The summed E-state index contributed by atoms with van der Waals surface area (Å²) in [6.45, 7) is 4.75. The van der Waals surface area contributed by atoms with Gasteiger partial charge in [-0.1, -0.05) is 32.0 Å². The number of carbonyl (C=O) groups is 2. The third kappa shape index (κ3) is 5.20. The van der Waals surface area contributed by atoms with E-state index in [1.54, 1.807) is 18.2 Å². The van der Waals surface area contributed by atoms with E-state index in [0.29, 0.717) is 40.6 Å². The minimum absolute atomic E-state index is 0.0876. The van der Waals surface area contributed by atoms with E-state index >= 15 is 0 Å². The molecule has 4 rings (SSSR count). The maximum absolute atomic E-state index is 12.5. The first-order chi connectivity index (χ1) is 15.9. The number of hydrogen-bond donors (Lipinski definition) is 2. The highest BCUT2D eigenvalue weighted by atomic mass is 16.5. The van der Waals surface area contributed by atoms with Crippen LogP contribution in [0.25, 0.3) is 22.6 Å². The summed E-state index contributed by atoms with van der Waals surface area (Å²) in [5.41, 5.74) is 3.41. The normalized spacial score (nSPS) is 11.0. The van der Waals surface area contributed by atoms with Gasteiger partial charge in [0.05, 0.1) is 11.1 Å². The molecule has 0 spiro atoms. The van der Waals surface area contributed by atoms with E-state index < -0.39 is 5.97 Å². The number of benzene rings is 3. The van der Waals surface area contributed by atoms with Crippen molar-refractivity contribution in [3.05, 3.63) is 83.4 Å². The number of nitrogens with zero attached hydrogens (tertiary/aromatic N) is 1. The molecular formula is C26H24N2O5. The van der Waals surface area contributed by atoms with Crippen LogP contribution >= 0.6 is 0 Å². The second kappa shape index (κ2) is 9.56. The van der Waals surface area contributed by atoms with Gasteiger partial charge in [-0.05, 0) is 60.0 Å². The molecule has 0 aliphatic carbocycles. The SMILES string of the molecule is CC(C)CNC(=O)c1cccc2nc(-c3ccc(COC(=O)c4ccc(O)cc4)cc3)oc12. The first-order valence-electron chi connectivity index (χ1n) is 10.6. The Morgan fingerprint density at radius 3 is 2.45 bits per heavy atom. The van der Waals surface area contributed by atoms with Crippen LogP contribution in [0.4, 0.5) is 0 Å². The van der Waals surface area contributed by atoms with Gasteiger partial charge < -0.3 is 19.6 Å². The molecule has 1 heterocycles. The maximum atomic E-state index is 12.5. The molecule has 1 aromatic heterocycles. The van der Waals surface area contributed by atoms with Crippen LogP contribution in [-0.4, -0.2) is 28.5 Å². The minimum atomic E-state index is -0.471. The largest absolute Gasteiger partial charge is 0.508 e. The van der Waals surface area contributed by atoms with E-state index in [2.05, 4.69) is 10.3 Å². The summed E-state index contributed by atoms with van der Waals surface area (Å²) >= 11 is 0. The van der Waals surface area contributed by atoms with Gasteiger partial charge in [0.25, 0.3) is 5.91 Å². The molecule has 4 aromatic rings. The molecule has 0 aliphatic rings. The molecule has 3 aromatic carbocycles. The molecule has 33 heavy (non-hydrogen) atoms. The van der Waals surface area contributed by atoms with Gasteiger partial charge >= 0.3 is 5.97 Å². The van der Waals surface area contributed by atoms with Gasteiger partial charge in [0, 0.05) is 12.1 Å². The molecule has 7 heteroatoms. The fourth-order valence-corrected chi connectivity index (χ4v) is 3.22. The molecule has 2 N–H and O–H groups in total. The fraction of sp³-hybridized carbons (Fsp3) is 0.192. The van der Waals surface area contributed by atoms with Crippen LogP contribution in [0.1, 0.15) is 40.1 Å². The molecule has 0 atom stereocenters. The second-order valence-electron chi connectivity index (χ2n) is 8.10. The Morgan fingerprint density at radius 2 is 1.76 bits per heavy atom. The molecule has 0 bridgehead atoms. The number of esters is 1. The first kappa shape index (κ1) is 22.1. The molecule has 0 fully saturated rings. The van der Waals surface area contributed by atoms with Gasteiger partial charge in [-0.3, -0.25) is 4.79 Å². The number of aromatic hydroxyl groups is 1. The van der Waals surface area contributed by atoms with Crippen molar-refractivity contribution in [1.29, 1.82) is 0 Å². The van der Waals surface area contributed by atoms with Crippen LogP contribution < -0.4 is 5.32 Å². The monoisotopic (exact) mass is 444 g/mol. The van der Waals surface area contributed by atoms with Gasteiger partial charge in [0.2, 0.25) is 5.89 Å². The topological polar surface area (TPSA) is 102 Å². The number of aromatic nitrogens is 1. The predicted octanol–water partition coefficient (Wildman–Crippen LogP) is 4.94. The number of fused-ring (bicyclic) bond motifs is 1. The summed E-state index contributed by atoms with van der Waals surface area (Å²) in [7, 11) is 0. The Morgan fingerprint density at radius 1 is 1.03 bits per heavy atom. The number of para-hydroxylation sites is 1. The summed E-state index contributed by atoms with van der Waals surface area (Å²) in [6, 6.07) is 18.5. The van der Waals surface area contributed by atoms with Gasteiger partial charge in [0.1, 0.15) is 17.9 Å². The second-order valence-corrected chi connectivity index (χ2v) is 8.10. The summed E-state index contributed by atoms with van der Waals surface area (Å²) in [6.07, 6.45) is 0. The van der Waals surface area contributed by atoms with Crippen LogP contribution in [0.5, 0.6) is 5.75 Å². The molecule has 7 nitrogen and oxygen atoms in total. The van der Waals surface area contributed by atoms with Crippen molar-refractivity contribution in [2.24, 2.45) is 5.92 Å². The van der Waals surface area contributed by atoms with Crippen molar-refractivity contribution in [2.75, 3.05) is 6.54 Å². The van der Waals surface area contributed by atoms with Crippen molar-refractivity contribution in [1.82, 2.24) is 10.3 Å². The van der Waals surface area contributed by atoms with Gasteiger partial charge in [-0.25, -0.2) is 9.78 Å². The summed E-state index contributed by atoms with van der Waals surface area (Å²) in [5.74, 6) is 0.174. The van der Waals surface area contributed by atoms with Crippen molar-refractivity contribution in [3.8, 4) is 17.2 Å². The number of rotatable bonds is 7. The number of oxazole rings is 1. The molecule has 0 saturated heterocycles. The number of amides is 1. The Hall–Kier alpha value is -4.13. The van der Waals surface area contributed by atoms with Crippen LogP contribution in [-0.2, 0) is 11.3 Å². The van der Waals surface area contributed by atoms with Gasteiger partial charge in [-0.15, -0.1) is 0 Å². The lowest BCUT2D eigenvalue weighted by Crippen LogP contribution is -2.27. The smallest absolute Gasteiger partial charge is 0.338 e. The van der Waals surface area contributed by atoms with E-state index in [9.17, 15) is 14.7 Å². The standard InChI is InChI=1S/C26H24N2O5/c1-16(2)14-27-24(30)21-4-3-5-22-23(21)33-25(28-22)18-8-6-17(7-9-18)15-32-26(31)19-10-12-20(29)13-11-19/h3-13,16,29H,14-15H2,1-2H3,(H,27,30). The van der Waals surface area contributed by atoms with E-state index in [1.807, 2.05) is 38.1 Å². The van der Waals surface area contributed by atoms with Crippen molar-refractivity contribution in [2.45, 2.75) is 20.5 Å². The lowest BCUT2D eigenvalue weighted by Gasteiger charge is -2.07. The number of phenolic OH excluding ortho intramolecular Hbond substituents is 1. The molecular weight excluding hydrogens is 420 g/mol. The lowest BCUT2D eigenvalue weighted by atomic mass is 10.1. The maximum Gasteiger partial charge on any atom is 0.338 e. The van der Waals surface area contributed by atoms with Crippen LogP contribution in [0.2, 0.25) is 0 Å². The van der Waals surface area contributed by atoms with Gasteiger partial charge in [-0.2, -0.15) is 0 Å². The summed E-state index contributed by atoms with van der Waals surface area (Å²) in [5, 5.41) is 12.2. The van der Waals surface area contributed by atoms with Crippen molar-refractivity contribution >= 4 is 23.0 Å². The van der Waals surface area contributed by atoms with E-state index in [0.717, 1.165) is 11.1 Å². The molecule has 0 saturated carbocycles.